The number of hydrazine groups is 1. The van der Waals surface area contributed by atoms with Crippen LogP contribution in [-0.2, 0) is 4.79 Å². The Morgan fingerprint density at radius 1 is 1.14 bits per heavy atom. The number of rotatable bonds is 8. The van der Waals surface area contributed by atoms with Crippen LogP contribution in [0.1, 0.15) is 50.6 Å². The smallest absolute Gasteiger partial charge is 0.410 e. The summed E-state index contributed by atoms with van der Waals surface area (Å²) in [5, 5.41) is 2.17. The summed E-state index contributed by atoms with van der Waals surface area (Å²) in [5.74, 6) is -0.185. The summed E-state index contributed by atoms with van der Waals surface area (Å²) in [6.07, 6.45) is -0.612. The molecule has 0 saturated carbocycles. The molecule has 2 aromatic rings. The van der Waals surface area contributed by atoms with Crippen LogP contribution in [0.2, 0.25) is 0 Å². The third-order valence-electron chi connectivity index (χ3n) is 4.93. The first-order valence-electron chi connectivity index (χ1n) is 9.69. The summed E-state index contributed by atoms with van der Waals surface area (Å²) in [6.45, 7) is 2.46. The maximum Gasteiger partial charge on any atom is 0.410 e. The minimum absolute atomic E-state index is 0.00215. The van der Waals surface area contributed by atoms with E-state index in [0.29, 0.717) is 17.4 Å². The first kappa shape index (κ1) is 20.5. The first-order valence-corrected chi connectivity index (χ1v) is 9.69. The van der Waals surface area contributed by atoms with E-state index in [4.69, 9.17) is 4.74 Å². The van der Waals surface area contributed by atoms with Gasteiger partial charge in [0.2, 0.25) is 5.91 Å². The monoisotopic (exact) mass is 394 g/mol. The zero-order chi connectivity index (χ0) is 20.1. The Kier molecular flexibility index (Phi) is 6.44. The molecule has 0 spiro atoms. The van der Waals surface area contributed by atoms with Crippen LogP contribution in [0.15, 0.2) is 36.4 Å². The van der Waals surface area contributed by atoms with E-state index in [1.54, 1.807) is 36.4 Å². The van der Waals surface area contributed by atoms with Gasteiger partial charge in [-0.3, -0.25) is 10.2 Å². The first-order chi connectivity index (χ1) is 13.4. The number of unbranched alkanes of at least 4 members (excludes halogenated alkanes) is 3. The van der Waals surface area contributed by atoms with Crippen LogP contribution in [0.4, 0.5) is 13.2 Å². The minimum Gasteiger partial charge on any atom is -0.493 e. The van der Waals surface area contributed by atoms with E-state index in [9.17, 15) is 18.0 Å². The number of hydrogen-bond donors (Lipinski definition) is 1. The van der Waals surface area contributed by atoms with Gasteiger partial charge in [0.05, 0.1) is 6.61 Å². The fourth-order valence-electron chi connectivity index (χ4n) is 3.58. The number of nitrogens with zero attached hydrogens (tertiary/aromatic N) is 1. The lowest BCUT2D eigenvalue weighted by molar-refractivity contribution is -0.191. The van der Waals surface area contributed by atoms with Crippen molar-refractivity contribution in [3.8, 4) is 5.75 Å². The quantitative estimate of drug-likeness (QED) is 0.631. The SMILES string of the molecule is CCCCCCOc1ccc2ccccc2c1[C@H](N1CCC(=O)N1)C(F)(F)F. The van der Waals surface area contributed by atoms with Gasteiger partial charge in [0.15, 0.2) is 6.04 Å². The Bertz CT molecular complexity index is 823. The van der Waals surface area contributed by atoms with Gasteiger partial charge < -0.3 is 4.74 Å². The Balaban J connectivity index is 2.01. The highest BCUT2D eigenvalue weighted by Gasteiger charge is 2.48. The molecule has 2 aromatic carbocycles. The van der Waals surface area contributed by atoms with Crippen LogP contribution in [0.25, 0.3) is 10.8 Å². The zero-order valence-electron chi connectivity index (χ0n) is 15.9. The number of carbonyl (C=O) groups excluding carboxylic acids is 1. The number of halogens is 3. The Morgan fingerprint density at radius 2 is 1.93 bits per heavy atom. The topological polar surface area (TPSA) is 41.6 Å². The molecule has 0 aromatic heterocycles. The second-order valence-corrected chi connectivity index (χ2v) is 7.03. The summed E-state index contributed by atoms with van der Waals surface area (Å²) in [7, 11) is 0. The highest BCUT2D eigenvalue weighted by atomic mass is 19.4. The van der Waals surface area contributed by atoms with Crippen molar-refractivity contribution >= 4 is 16.7 Å². The van der Waals surface area contributed by atoms with Gasteiger partial charge in [-0.2, -0.15) is 13.2 Å². The summed E-state index contributed by atoms with van der Waals surface area (Å²) in [5.41, 5.74) is 2.41. The van der Waals surface area contributed by atoms with Crippen molar-refractivity contribution in [2.45, 2.75) is 51.2 Å². The molecule has 1 aliphatic heterocycles. The van der Waals surface area contributed by atoms with E-state index < -0.39 is 18.1 Å². The fourth-order valence-corrected chi connectivity index (χ4v) is 3.58. The maximum absolute atomic E-state index is 14.1. The molecule has 1 aliphatic rings. The summed E-state index contributed by atoms with van der Waals surface area (Å²) < 4.78 is 48.2. The second-order valence-electron chi connectivity index (χ2n) is 7.03. The van der Waals surface area contributed by atoms with Gasteiger partial charge in [-0.15, -0.1) is 0 Å². The molecular weight excluding hydrogens is 369 g/mol. The molecule has 1 heterocycles. The third-order valence-corrected chi connectivity index (χ3v) is 4.93. The number of ether oxygens (including phenoxy) is 1. The van der Waals surface area contributed by atoms with Crippen molar-refractivity contribution in [3.63, 3.8) is 0 Å². The molecule has 1 saturated heterocycles. The Morgan fingerprint density at radius 3 is 2.61 bits per heavy atom. The van der Waals surface area contributed by atoms with Crippen LogP contribution >= 0.6 is 0 Å². The second kappa shape index (κ2) is 8.82. The van der Waals surface area contributed by atoms with Gasteiger partial charge in [0.25, 0.3) is 0 Å². The molecule has 1 fully saturated rings. The number of carbonyl (C=O) groups is 1. The lowest BCUT2D eigenvalue weighted by atomic mass is 9.96. The van der Waals surface area contributed by atoms with E-state index in [2.05, 4.69) is 12.3 Å². The van der Waals surface area contributed by atoms with E-state index in [1.807, 2.05) is 0 Å². The summed E-state index contributed by atoms with van der Waals surface area (Å²) >= 11 is 0. The molecule has 4 nitrogen and oxygen atoms in total. The van der Waals surface area contributed by atoms with Gasteiger partial charge >= 0.3 is 6.18 Å². The maximum atomic E-state index is 14.1. The molecule has 0 aliphatic carbocycles. The Labute approximate surface area is 162 Å². The average Bonchev–Trinajstić information content (AvgIpc) is 3.07. The van der Waals surface area contributed by atoms with Crippen molar-refractivity contribution in [1.82, 2.24) is 10.4 Å². The van der Waals surface area contributed by atoms with Crippen LogP contribution in [-0.4, -0.2) is 30.2 Å². The van der Waals surface area contributed by atoms with Crippen molar-refractivity contribution in [2.24, 2.45) is 0 Å². The van der Waals surface area contributed by atoms with Crippen LogP contribution in [0.5, 0.6) is 5.75 Å². The van der Waals surface area contributed by atoms with E-state index >= 15 is 0 Å². The highest BCUT2D eigenvalue weighted by Crippen LogP contribution is 2.45. The average molecular weight is 394 g/mol. The zero-order valence-corrected chi connectivity index (χ0v) is 15.9. The van der Waals surface area contributed by atoms with Gasteiger partial charge in [-0.1, -0.05) is 56.5 Å². The molecule has 0 bridgehead atoms. The predicted molar refractivity (Wildman–Crippen MR) is 102 cm³/mol. The normalized spacial score (nSPS) is 16.4. The molecule has 0 radical (unpaired) electrons. The highest BCUT2D eigenvalue weighted by molar-refractivity contribution is 5.88. The standard InChI is InChI=1S/C21H25F3N2O2/c1-2-3-4-7-14-28-17-11-10-15-8-5-6-9-16(15)19(17)20(21(22,23)24)26-13-12-18(27)25-26/h5-6,8-11,20H,2-4,7,12-14H2,1H3,(H,25,27)/t20-/m0/s1. The van der Waals surface area contributed by atoms with Gasteiger partial charge in [0.1, 0.15) is 5.75 Å². The Hall–Kier alpha value is -2.28. The fraction of sp³-hybridized carbons (Fsp3) is 0.476. The largest absolute Gasteiger partial charge is 0.493 e. The third kappa shape index (κ3) is 4.58. The number of alkyl halides is 3. The van der Waals surface area contributed by atoms with E-state index in [1.165, 1.54) is 0 Å². The van der Waals surface area contributed by atoms with Crippen LogP contribution < -0.4 is 10.2 Å². The predicted octanol–water partition coefficient (Wildman–Crippen LogP) is 5.14. The summed E-state index contributed by atoms with van der Waals surface area (Å²) in [6, 6.07) is 8.37. The molecule has 3 rings (SSSR count). The van der Waals surface area contributed by atoms with E-state index in [-0.39, 0.29) is 24.3 Å². The number of hydrogen-bond acceptors (Lipinski definition) is 3. The molecule has 0 unspecified atom stereocenters. The van der Waals surface area contributed by atoms with Crippen LogP contribution in [0.3, 0.4) is 0 Å². The summed E-state index contributed by atoms with van der Waals surface area (Å²) in [4.78, 5) is 11.6. The number of nitrogens with one attached hydrogen (secondary N) is 1. The van der Waals surface area contributed by atoms with Crippen molar-refractivity contribution < 1.29 is 22.7 Å². The molecule has 28 heavy (non-hydrogen) atoms. The van der Waals surface area contributed by atoms with Crippen molar-refractivity contribution in [3.05, 3.63) is 42.0 Å². The van der Waals surface area contributed by atoms with Gasteiger partial charge in [0, 0.05) is 18.5 Å². The van der Waals surface area contributed by atoms with Gasteiger partial charge in [-0.25, -0.2) is 5.01 Å². The minimum atomic E-state index is -4.57. The van der Waals surface area contributed by atoms with Gasteiger partial charge in [-0.05, 0) is 23.3 Å². The lowest BCUT2D eigenvalue weighted by Gasteiger charge is -2.31. The lowest BCUT2D eigenvalue weighted by Crippen LogP contribution is -2.43. The molecule has 152 valence electrons. The van der Waals surface area contributed by atoms with Crippen LogP contribution in [0, 0.1) is 0 Å². The van der Waals surface area contributed by atoms with Crippen molar-refractivity contribution in [1.29, 1.82) is 0 Å². The van der Waals surface area contributed by atoms with Crippen molar-refractivity contribution in [2.75, 3.05) is 13.2 Å². The number of fused-ring (bicyclic) bond motifs is 1. The number of amides is 1. The van der Waals surface area contributed by atoms with E-state index in [0.717, 1.165) is 30.7 Å². The molecule has 1 amide bonds. The molecule has 7 heteroatoms. The number of benzene rings is 2. The molecule has 1 N–H and O–H groups in total. The molecule has 1 atom stereocenters. The molecular formula is C21H25F3N2O2.